The monoisotopic (exact) mass is 206 g/mol. The molecule has 0 saturated heterocycles. The molecule has 1 fully saturated rings. The highest BCUT2D eigenvalue weighted by Crippen LogP contribution is 2.51. The molecule has 2 rings (SSSR count). The third-order valence-corrected chi connectivity index (χ3v) is 3.03. The molecule has 1 saturated carbocycles. The number of aryl methyl sites for hydroxylation is 1. The zero-order valence-corrected chi connectivity index (χ0v) is 8.91. The largest absolute Gasteiger partial charge is 0.496 e. The van der Waals surface area contributed by atoms with Gasteiger partial charge in [0.05, 0.1) is 12.5 Å². The molecule has 0 spiro atoms. The van der Waals surface area contributed by atoms with Gasteiger partial charge in [-0.25, -0.2) is 0 Å². The van der Waals surface area contributed by atoms with Crippen LogP contribution in [0.5, 0.6) is 5.75 Å². The molecule has 15 heavy (non-hydrogen) atoms. The summed E-state index contributed by atoms with van der Waals surface area (Å²) in [5.74, 6) is -0.0560. The molecule has 3 nitrogen and oxygen atoms in total. The fourth-order valence-electron chi connectivity index (χ4n) is 1.92. The fraction of sp³-hybridized carbons (Fsp3) is 0.417. The maximum absolute atomic E-state index is 11.2. The molecular weight excluding hydrogens is 192 g/mol. The molecule has 0 aliphatic heterocycles. The molecule has 0 radical (unpaired) electrons. The molecule has 0 atom stereocenters. The molecule has 0 bridgehead atoms. The second-order valence-electron chi connectivity index (χ2n) is 4.09. The normalized spacial score (nSPS) is 17.2. The van der Waals surface area contributed by atoms with Crippen molar-refractivity contribution >= 4 is 5.97 Å². The molecule has 0 aromatic heterocycles. The maximum Gasteiger partial charge on any atom is 0.314 e. The summed E-state index contributed by atoms with van der Waals surface area (Å²) in [6, 6.07) is 5.69. The van der Waals surface area contributed by atoms with Crippen LogP contribution in [-0.2, 0) is 10.2 Å². The van der Waals surface area contributed by atoms with Crippen LogP contribution < -0.4 is 4.74 Å². The molecule has 0 heterocycles. The number of carboxylic acid groups (broad SMARTS) is 1. The highest BCUT2D eigenvalue weighted by atomic mass is 16.5. The molecule has 80 valence electrons. The van der Waals surface area contributed by atoms with E-state index in [4.69, 9.17) is 4.74 Å². The van der Waals surface area contributed by atoms with Gasteiger partial charge in [-0.05, 0) is 31.4 Å². The van der Waals surface area contributed by atoms with Crippen LogP contribution in [0.1, 0.15) is 24.0 Å². The van der Waals surface area contributed by atoms with Crippen LogP contribution in [0.3, 0.4) is 0 Å². The van der Waals surface area contributed by atoms with E-state index in [1.54, 1.807) is 7.11 Å². The summed E-state index contributed by atoms with van der Waals surface area (Å²) in [4.78, 5) is 11.2. The first-order valence-electron chi connectivity index (χ1n) is 4.99. The Morgan fingerprint density at radius 3 is 2.60 bits per heavy atom. The Hall–Kier alpha value is -1.51. The zero-order valence-electron chi connectivity index (χ0n) is 8.91. The van der Waals surface area contributed by atoms with Gasteiger partial charge < -0.3 is 9.84 Å². The van der Waals surface area contributed by atoms with Crippen LogP contribution in [0.25, 0.3) is 0 Å². The van der Waals surface area contributed by atoms with Gasteiger partial charge in [-0.2, -0.15) is 0 Å². The minimum atomic E-state index is -0.746. The Bertz CT molecular complexity index is 405. The molecule has 1 aromatic carbocycles. The Balaban J connectivity index is 2.48. The average molecular weight is 206 g/mol. The van der Waals surface area contributed by atoms with Crippen LogP contribution >= 0.6 is 0 Å². The van der Waals surface area contributed by atoms with Crippen molar-refractivity contribution in [3.05, 3.63) is 29.3 Å². The quantitative estimate of drug-likeness (QED) is 0.824. The number of hydrogen-bond donors (Lipinski definition) is 1. The van der Waals surface area contributed by atoms with Crippen molar-refractivity contribution in [3.63, 3.8) is 0 Å². The lowest BCUT2D eigenvalue weighted by Gasteiger charge is -2.15. The van der Waals surface area contributed by atoms with Gasteiger partial charge in [-0.15, -0.1) is 0 Å². The smallest absolute Gasteiger partial charge is 0.314 e. The van der Waals surface area contributed by atoms with E-state index < -0.39 is 11.4 Å². The van der Waals surface area contributed by atoms with Gasteiger partial charge >= 0.3 is 5.97 Å². The van der Waals surface area contributed by atoms with Gasteiger partial charge in [0.2, 0.25) is 0 Å². The molecule has 1 aliphatic rings. The van der Waals surface area contributed by atoms with Crippen molar-refractivity contribution in [1.82, 2.24) is 0 Å². The van der Waals surface area contributed by atoms with Crippen molar-refractivity contribution in [3.8, 4) is 5.75 Å². The molecule has 0 amide bonds. The van der Waals surface area contributed by atoms with Gasteiger partial charge in [0.1, 0.15) is 5.75 Å². The fourth-order valence-corrected chi connectivity index (χ4v) is 1.92. The number of hydrogen-bond acceptors (Lipinski definition) is 2. The lowest BCUT2D eigenvalue weighted by atomic mass is 9.94. The first-order chi connectivity index (χ1) is 7.10. The standard InChI is InChI=1S/C12H14O3/c1-8-3-4-9(10(7-8)15-2)12(5-6-12)11(13)14/h3-4,7H,5-6H2,1-2H3,(H,13,14). The number of carbonyl (C=O) groups is 1. The van der Waals surface area contributed by atoms with E-state index >= 15 is 0 Å². The zero-order chi connectivity index (χ0) is 11.1. The Labute approximate surface area is 88.7 Å². The van der Waals surface area contributed by atoms with E-state index in [0.29, 0.717) is 18.6 Å². The summed E-state index contributed by atoms with van der Waals surface area (Å²) in [5.41, 5.74) is 1.21. The van der Waals surface area contributed by atoms with Crippen molar-refractivity contribution in [2.75, 3.05) is 7.11 Å². The van der Waals surface area contributed by atoms with E-state index in [0.717, 1.165) is 11.1 Å². The summed E-state index contributed by atoms with van der Waals surface area (Å²) in [7, 11) is 1.58. The van der Waals surface area contributed by atoms with Crippen LogP contribution in [0.4, 0.5) is 0 Å². The molecular formula is C12H14O3. The summed E-state index contributed by atoms with van der Waals surface area (Å²) < 4.78 is 5.24. The first kappa shape index (κ1) is 10.0. The van der Waals surface area contributed by atoms with Gasteiger partial charge in [0.25, 0.3) is 0 Å². The van der Waals surface area contributed by atoms with Gasteiger partial charge in [0, 0.05) is 5.56 Å². The van der Waals surface area contributed by atoms with Crippen LogP contribution in [0.15, 0.2) is 18.2 Å². The molecule has 1 aromatic rings. The van der Waals surface area contributed by atoms with E-state index in [1.165, 1.54) is 0 Å². The van der Waals surface area contributed by atoms with Gasteiger partial charge in [-0.3, -0.25) is 4.79 Å². The topological polar surface area (TPSA) is 46.5 Å². The Kier molecular flexibility index (Phi) is 2.18. The lowest BCUT2D eigenvalue weighted by molar-refractivity contribution is -0.140. The first-order valence-corrected chi connectivity index (χ1v) is 4.99. The lowest BCUT2D eigenvalue weighted by Crippen LogP contribution is -2.20. The van der Waals surface area contributed by atoms with Crippen molar-refractivity contribution in [2.24, 2.45) is 0 Å². The highest BCUT2D eigenvalue weighted by Gasteiger charge is 2.53. The van der Waals surface area contributed by atoms with Crippen LogP contribution in [0.2, 0.25) is 0 Å². The summed E-state index contributed by atoms with van der Waals surface area (Å²) in [6.45, 7) is 1.96. The number of rotatable bonds is 3. The molecule has 3 heteroatoms. The number of benzene rings is 1. The average Bonchev–Trinajstić information content (AvgIpc) is 2.98. The minimum Gasteiger partial charge on any atom is -0.496 e. The van der Waals surface area contributed by atoms with E-state index in [-0.39, 0.29) is 0 Å². The highest BCUT2D eigenvalue weighted by molar-refractivity contribution is 5.86. The third kappa shape index (κ3) is 1.48. The summed E-state index contributed by atoms with van der Waals surface area (Å²) in [6.07, 6.45) is 1.42. The van der Waals surface area contributed by atoms with Gasteiger partial charge in [0.15, 0.2) is 0 Å². The number of aliphatic carboxylic acids is 1. The maximum atomic E-state index is 11.2. The summed E-state index contributed by atoms with van der Waals surface area (Å²) >= 11 is 0. The second kappa shape index (κ2) is 3.26. The molecule has 1 aliphatic carbocycles. The van der Waals surface area contributed by atoms with Crippen molar-refractivity contribution in [2.45, 2.75) is 25.2 Å². The van der Waals surface area contributed by atoms with Crippen molar-refractivity contribution in [1.29, 1.82) is 0 Å². The SMILES string of the molecule is COc1cc(C)ccc1C1(C(=O)O)CC1. The van der Waals surface area contributed by atoms with Crippen LogP contribution in [0, 0.1) is 6.92 Å². The summed E-state index contributed by atoms with van der Waals surface area (Å²) in [5, 5.41) is 9.19. The van der Waals surface area contributed by atoms with E-state index in [1.807, 2.05) is 25.1 Å². The Morgan fingerprint density at radius 1 is 1.47 bits per heavy atom. The second-order valence-corrected chi connectivity index (χ2v) is 4.09. The Morgan fingerprint density at radius 2 is 2.13 bits per heavy atom. The van der Waals surface area contributed by atoms with Crippen molar-refractivity contribution < 1.29 is 14.6 Å². The van der Waals surface area contributed by atoms with Crippen LogP contribution in [-0.4, -0.2) is 18.2 Å². The molecule has 0 unspecified atom stereocenters. The number of methoxy groups -OCH3 is 1. The number of carboxylic acids is 1. The van der Waals surface area contributed by atoms with E-state index in [9.17, 15) is 9.90 Å². The minimum absolute atomic E-state index is 0.682. The predicted octanol–water partition coefficient (Wildman–Crippen LogP) is 2.12. The number of ether oxygens (including phenoxy) is 1. The molecule has 1 N–H and O–H groups in total. The predicted molar refractivity (Wildman–Crippen MR) is 56.3 cm³/mol. The van der Waals surface area contributed by atoms with E-state index in [2.05, 4.69) is 0 Å². The van der Waals surface area contributed by atoms with Gasteiger partial charge in [-0.1, -0.05) is 12.1 Å². The third-order valence-electron chi connectivity index (χ3n) is 3.03.